The van der Waals surface area contributed by atoms with Gasteiger partial charge in [0, 0.05) is 6.20 Å². The van der Waals surface area contributed by atoms with Gasteiger partial charge in [-0.25, -0.2) is 9.97 Å². The molecule has 1 aromatic carbocycles. The molecule has 20 heavy (non-hydrogen) atoms. The Hall–Kier alpha value is -1.79. The molecule has 3 rings (SSSR count). The largest absolute Gasteiger partial charge is 0.496 e. The monoisotopic (exact) mass is 352 g/mol. The number of rotatable bonds is 2. The lowest BCUT2D eigenvalue weighted by atomic mass is 10.3. The highest BCUT2D eigenvalue weighted by Gasteiger charge is 2.13. The minimum Gasteiger partial charge on any atom is -0.496 e. The van der Waals surface area contributed by atoms with E-state index in [4.69, 9.17) is 22.1 Å². The number of methoxy groups -OCH3 is 1. The van der Waals surface area contributed by atoms with Crippen LogP contribution < -0.4 is 10.5 Å². The fourth-order valence-electron chi connectivity index (χ4n) is 2.01. The van der Waals surface area contributed by atoms with Crippen molar-refractivity contribution in [3.8, 4) is 11.4 Å². The van der Waals surface area contributed by atoms with Crippen molar-refractivity contribution in [1.82, 2.24) is 14.5 Å². The summed E-state index contributed by atoms with van der Waals surface area (Å²) in [4.78, 5) is 8.56. The summed E-state index contributed by atoms with van der Waals surface area (Å²) in [6.45, 7) is 0. The molecule has 0 aliphatic carbocycles. The fraction of sp³-hybridized carbons (Fsp3) is 0.0769. The quantitative estimate of drug-likeness (QED) is 0.766. The van der Waals surface area contributed by atoms with E-state index in [0.717, 1.165) is 15.9 Å². The van der Waals surface area contributed by atoms with Crippen molar-refractivity contribution in [2.45, 2.75) is 0 Å². The summed E-state index contributed by atoms with van der Waals surface area (Å²) in [7, 11) is 1.62. The second kappa shape index (κ2) is 4.96. The first-order valence-electron chi connectivity index (χ1n) is 5.73. The van der Waals surface area contributed by atoms with Crippen LogP contribution in [-0.4, -0.2) is 21.6 Å². The molecule has 0 spiro atoms. The standard InChI is InChI=1S/C13H10BrClN4O/c1-20-11-3-2-8(5-9(11)14)19-12-10(18-13(19)16)4-7(15)6-17-12/h2-6H,1H3,(H2,16,18). The maximum Gasteiger partial charge on any atom is 0.207 e. The first-order chi connectivity index (χ1) is 9.60. The molecule has 5 nitrogen and oxygen atoms in total. The second-order valence-electron chi connectivity index (χ2n) is 4.12. The predicted octanol–water partition coefficient (Wildman–Crippen LogP) is 3.43. The van der Waals surface area contributed by atoms with Crippen molar-refractivity contribution in [2.75, 3.05) is 12.8 Å². The normalized spacial score (nSPS) is 10.9. The van der Waals surface area contributed by atoms with Gasteiger partial charge in [-0.1, -0.05) is 11.6 Å². The van der Waals surface area contributed by atoms with E-state index >= 15 is 0 Å². The molecule has 0 fully saturated rings. The number of hydrogen-bond acceptors (Lipinski definition) is 4. The maximum absolute atomic E-state index is 5.98. The molecule has 0 bridgehead atoms. The summed E-state index contributed by atoms with van der Waals surface area (Å²) in [6, 6.07) is 7.36. The van der Waals surface area contributed by atoms with Crippen LogP contribution >= 0.6 is 27.5 Å². The number of anilines is 1. The summed E-state index contributed by atoms with van der Waals surface area (Å²) in [5, 5.41) is 0.526. The number of halogens is 2. The van der Waals surface area contributed by atoms with Gasteiger partial charge < -0.3 is 10.5 Å². The van der Waals surface area contributed by atoms with Gasteiger partial charge in [-0.15, -0.1) is 0 Å². The van der Waals surface area contributed by atoms with Crippen molar-refractivity contribution in [2.24, 2.45) is 0 Å². The lowest BCUT2D eigenvalue weighted by Crippen LogP contribution is -2.01. The van der Waals surface area contributed by atoms with Crippen LogP contribution in [0.3, 0.4) is 0 Å². The molecule has 0 unspecified atom stereocenters. The number of ether oxygens (including phenoxy) is 1. The SMILES string of the molecule is COc1ccc(-n2c(N)nc3cc(Cl)cnc32)cc1Br. The number of nitrogen functional groups attached to an aromatic ring is 1. The van der Waals surface area contributed by atoms with E-state index in [1.54, 1.807) is 23.9 Å². The van der Waals surface area contributed by atoms with E-state index in [1.807, 2.05) is 18.2 Å². The molecule has 3 aromatic rings. The zero-order chi connectivity index (χ0) is 14.3. The number of aromatic nitrogens is 3. The third kappa shape index (κ3) is 2.10. The minimum absolute atomic E-state index is 0.354. The lowest BCUT2D eigenvalue weighted by molar-refractivity contribution is 0.412. The average Bonchev–Trinajstić information content (AvgIpc) is 2.73. The fourth-order valence-corrected chi connectivity index (χ4v) is 2.69. The zero-order valence-electron chi connectivity index (χ0n) is 10.5. The Bertz CT molecular complexity index is 802. The Labute approximate surface area is 128 Å². The molecule has 0 amide bonds. The van der Waals surface area contributed by atoms with Gasteiger partial charge in [-0.2, -0.15) is 0 Å². The molecule has 0 saturated carbocycles. The van der Waals surface area contributed by atoms with Gasteiger partial charge in [-0.3, -0.25) is 4.57 Å². The highest BCUT2D eigenvalue weighted by molar-refractivity contribution is 9.10. The summed E-state index contributed by atoms with van der Waals surface area (Å²) < 4.78 is 7.80. The molecule has 2 N–H and O–H groups in total. The maximum atomic E-state index is 5.98. The van der Waals surface area contributed by atoms with Gasteiger partial charge in [-0.05, 0) is 40.2 Å². The van der Waals surface area contributed by atoms with Crippen LogP contribution in [0.4, 0.5) is 5.95 Å². The van der Waals surface area contributed by atoms with Crippen molar-refractivity contribution in [3.05, 3.63) is 40.0 Å². The predicted molar refractivity (Wildman–Crippen MR) is 82.5 cm³/mol. The third-order valence-electron chi connectivity index (χ3n) is 2.88. The minimum atomic E-state index is 0.354. The average molecular weight is 354 g/mol. The molecule has 2 aromatic heterocycles. The van der Waals surface area contributed by atoms with Crippen molar-refractivity contribution in [3.63, 3.8) is 0 Å². The molecular formula is C13H10BrClN4O. The van der Waals surface area contributed by atoms with Gasteiger partial charge in [0.2, 0.25) is 5.95 Å². The van der Waals surface area contributed by atoms with Crippen molar-refractivity contribution < 1.29 is 4.74 Å². The van der Waals surface area contributed by atoms with Gasteiger partial charge in [0.15, 0.2) is 5.65 Å². The number of hydrogen-bond donors (Lipinski definition) is 1. The Kier molecular flexibility index (Phi) is 3.27. The van der Waals surface area contributed by atoms with Crippen LogP contribution in [0.5, 0.6) is 5.75 Å². The van der Waals surface area contributed by atoms with Crippen LogP contribution in [0, 0.1) is 0 Å². The van der Waals surface area contributed by atoms with Crippen LogP contribution in [0.15, 0.2) is 34.9 Å². The van der Waals surface area contributed by atoms with E-state index < -0.39 is 0 Å². The van der Waals surface area contributed by atoms with Crippen LogP contribution in [0.1, 0.15) is 0 Å². The molecular weight excluding hydrogens is 344 g/mol. The van der Waals surface area contributed by atoms with Gasteiger partial charge >= 0.3 is 0 Å². The Morgan fingerprint density at radius 1 is 1.35 bits per heavy atom. The number of fused-ring (bicyclic) bond motifs is 1. The number of nitrogens with zero attached hydrogens (tertiary/aromatic N) is 3. The third-order valence-corrected chi connectivity index (χ3v) is 3.71. The first-order valence-corrected chi connectivity index (χ1v) is 6.90. The molecule has 102 valence electrons. The number of nitrogens with two attached hydrogens (primary N) is 1. The summed E-state index contributed by atoms with van der Waals surface area (Å²) in [5.41, 5.74) is 8.13. The summed E-state index contributed by atoms with van der Waals surface area (Å²) in [6.07, 6.45) is 1.57. The molecule has 0 aliphatic rings. The second-order valence-corrected chi connectivity index (χ2v) is 5.41. The van der Waals surface area contributed by atoms with E-state index in [9.17, 15) is 0 Å². The molecule has 2 heterocycles. The van der Waals surface area contributed by atoms with E-state index in [0.29, 0.717) is 22.1 Å². The number of benzene rings is 1. The first kappa shape index (κ1) is 13.2. The number of pyridine rings is 1. The van der Waals surface area contributed by atoms with Crippen LogP contribution in [-0.2, 0) is 0 Å². The Morgan fingerprint density at radius 2 is 2.15 bits per heavy atom. The van der Waals surface area contributed by atoms with Crippen LogP contribution in [0.25, 0.3) is 16.9 Å². The highest BCUT2D eigenvalue weighted by atomic mass is 79.9. The number of imidazole rings is 1. The van der Waals surface area contributed by atoms with Gasteiger partial charge in [0.1, 0.15) is 11.3 Å². The van der Waals surface area contributed by atoms with Crippen molar-refractivity contribution >= 4 is 44.6 Å². The lowest BCUT2D eigenvalue weighted by Gasteiger charge is -2.09. The molecule has 0 atom stereocenters. The summed E-state index contributed by atoms with van der Waals surface area (Å²) >= 11 is 9.37. The van der Waals surface area contributed by atoms with Crippen molar-refractivity contribution in [1.29, 1.82) is 0 Å². The Balaban J connectivity index is 2.23. The Morgan fingerprint density at radius 3 is 2.85 bits per heavy atom. The molecule has 0 saturated heterocycles. The van der Waals surface area contributed by atoms with Gasteiger partial charge in [0.25, 0.3) is 0 Å². The van der Waals surface area contributed by atoms with E-state index in [2.05, 4.69) is 25.9 Å². The van der Waals surface area contributed by atoms with Crippen LogP contribution in [0.2, 0.25) is 5.02 Å². The van der Waals surface area contributed by atoms with Gasteiger partial charge in [0.05, 0.1) is 22.3 Å². The van der Waals surface area contributed by atoms with E-state index in [-0.39, 0.29) is 0 Å². The summed E-state index contributed by atoms with van der Waals surface area (Å²) in [5.74, 6) is 1.10. The molecule has 0 aliphatic heterocycles. The van der Waals surface area contributed by atoms with E-state index in [1.165, 1.54) is 0 Å². The topological polar surface area (TPSA) is 66.0 Å². The molecule has 0 radical (unpaired) electrons. The smallest absolute Gasteiger partial charge is 0.207 e. The highest BCUT2D eigenvalue weighted by Crippen LogP contribution is 2.30. The zero-order valence-corrected chi connectivity index (χ0v) is 12.8. The molecule has 7 heteroatoms.